The van der Waals surface area contributed by atoms with Gasteiger partial charge in [0.2, 0.25) is 0 Å². The van der Waals surface area contributed by atoms with Crippen molar-refractivity contribution >= 4 is 21.6 Å². The van der Waals surface area contributed by atoms with E-state index in [1.165, 1.54) is 13.0 Å². The second-order valence-corrected chi connectivity index (χ2v) is 7.04. The average molecular weight is 308 g/mol. The van der Waals surface area contributed by atoms with Gasteiger partial charge in [-0.1, -0.05) is 12.1 Å². The highest BCUT2D eigenvalue weighted by atomic mass is 32.2. The summed E-state index contributed by atoms with van der Waals surface area (Å²) >= 11 is 0. The predicted molar refractivity (Wildman–Crippen MR) is 82.2 cm³/mol. The molecule has 1 heterocycles. The molecule has 0 aromatic heterocycles. The molecule has 6 nitrogen and oxygen atoms in total. The SMILES string of the molecule is CC1=C([N+](=O)[O-])CS(=O)(=O)C1=Cc1ccc(N(C)C)cc1. The summed E-state index contributed by atoms with van der Waals surface area (Å²) in [6.07, 6.45) is 1.49. The maximum atomic E-state index is 12.0. The fourth-order valence-corrected chi connectivity index (χ4v) is 3.89. The van der Waals surface area contributed by atoms with E-state index in [1.54, 1.807) is 12.1 Å². The molecule has 0 radical (unpaired) electrons. The third-order valence-corrected chi connectivity index (χ3v) is 5.14. The number of benzene rings is 1. The average Bonchev–Trinajstić information content (AvgIpc) is 2.63. The first kappa shape index (κ1) is 15.2. The zero-order valence-electron chi connectivity index (χ0n) is 12.0. The Morgan fingerprint density at radius 1 is 1.24 bits per heavy atom. The van der Waals surface area contributed by atoms with E-state index >= 15 is 0 Å². The van der Waals surface area contributed by atoms with Gasteiger partial charge in [-0.15, -0.1) is 0 Å². The van der Waals surface area contributed by atoms with Gasteiger partial charge in [0.1, 0.15) is 5.75 Å². The molecule has 0 unspecified atom stereocenters. The number of anilines is 1. The Bertz CT molecular complexity index is 744. The molecule has 0 saturated carbocycles. The molecule has 0 bridgehead atoms. The van der Waals surface area contributed by atoms with Gasteiger partial charge in [-0.25, -0.2) is 8.42 Å². The molecule has 2 rings (SSSR count). The van der Waals surface area contributed by atoms with Crippen LogP contribution in [-0.4, -0.2) is 33.2 Å². The van der Waals surface area contributed by atoms with Crippen LogP contribution in [0.3, 0.4) is 0 Å². The number of hydrogen-bond acceptors (Lipinski definition) is 5. The molecule has 112 valence electrons. The summed E-state index contributed by atoms with van der Waals surface area (Å²) in [5.74, 6) is -0.534. The standard InChI is InChI=1S/C14H16N2O4S/c1-10-13(16(17)18)9-21(19,20)14(10)8-11-4-6-12(7-5-11)15(2)3/h4-8H,9H2,1-3H3. The van der Waals surface area contributed by atoms with Crippen molar-refractivity contribution in [1.29, 1.82) is 0 Å². The summed E-state index contributed by atoms with van der Waals surface area (Å²) < 4.78 is 24.1. The van der Waals surface area contributed by atoms with Crippen molar-refractivity contribution in [3.63, 3.8) is 0 Å². The van der Waals surface area contributed by atoms with E-state index < -0.39 is 20.5 Å². The van der Waals surface area contributed by atoms with E-state index in [9.17, 15) is 18.5 Å². The van der Waals surface area contributed by atoms with Gasteiger partial charge in [0.15, 0.2) is 9.84 Å². The fraction of sp³-hybridized carbons (Fsp3) is 0.286. The van der Waals surface area contributed by atoms with Crippen LogP contribution in [0.2, 0.25) is 0 Å². The van der Waals surface area contributed by atoms with Crippen LogP contribution in [-0.2, 0) is 9.84 Å². The minimum Gasteiger partial charge on any atom is -0.378 e. The van der Waals surface area contributed by atoms with E-state index in [0.717, 1.165) is 5.69 Å². The Morgan fingerprint density at radius 3 is 2.24 bits per heavy atom. The largest absolute Gasteiger partial charge is 0.378 e. The lowest BCUT2D eigenvalue weighted by molar-refractivity contribution is -0.424. The van der Waals surface area contributed by atoms with E-state index in [-0.39, 0.29) is 16.2 Å². The second-order valence-electron chi connectivity index (χ2n) is 5.08. The Balaban J connectivity index is 2.46. The molecular formula is C14H16N2O4S. The summed E-state index contributed by atoms with van der Waals surface area (Å²) in [6.45, 7) is 1.47. The van der Waals surface area contributed by atoms with Crippen LogP contribution in [0, 0.1) is 10.1 Å². The third-order valence-electron chi connectivity index (χ3n) is 3.39. The van der Waals surface area contributed by atoms with Crippen LogP contribution in [0.4, 0.5) is 5.69 Å². The molecule has 1 aliphatic rings. The predicted octanol–water partition coefficient (Wildman–Crippen LogP) is 2.07. The van der Waals surface area contributed by atoms with Crippen molar-refractivity contribution in [2.75, 3.05) is 24.7 Å². The normalized spacial score (nSPS) is 19.1. The van der Waals surface area contributed by atoms with Gasteiger partial charge in [-0.3, -0.25) is 10.1 Å². The molecule has 0 fully saturated rings. The lowest BCUT2D eigenvalue weighted by atomic mass is 10.1. The first-order chi connectivity index (χ1) is 9.72. The van der Waals surface area contributed by atoms with Crippen molar-refractivity contribution in [3.05, 3.63) is 56.1 Å². The Kier molecular flexibility index (Phi) is 3.87. The van der Waals surface area contributed by atoms with Crippen molar-refractivity contribution in [3.8, 4) is 0 Å². The topological polar surface area (TPSA) is 80.5 Å². The number of rotatable bonds is 3. The molecule has 21 heavy (non-hydrogen) atoms. The van der Waals surface area contributed by atoms with E-state index in [2.05, 4.69) is 0 Å². The monoisotopic (exact) mass is 308 g/mol. The fourth-order valence-electron chi connectivity index (χ4n) is 2.15. The summed E-state index contributed by atoms with van der Waals surface area (Å²) in [7, 11) is 0.196. The first-order valence-corrected chi connectivity index (χ1v) is 7.94. The highest BCUT2D eigenvalue weighted by Gasteiger charge is 2.38. The summed E-state index contributed by atoms with van der Waals surface area (Å²) in [6, 6.07) is 7.30. The van der Waals surface area contributed by atoms with Gasteiger partial charge in [-0.2, -0.15) is 0 Å². The zero-order chi connectivity index (χ0) is 15.8. The van der Waals surface area contributed by atoms with Crippen LogP contribution in [0.25, 0.3) is 6.08 Å². The lowest BCUT2D eigenvalue weighted by Gasteiger charge is -2.12. The summed E-state index contributed by atoms with van der Waals surface area (Å²) in [4.78, 5) is 12.2. The third kappa shape index (κ3) is 2.97. The van der Waals surface area contributed by atoms with Crippen molar-refractivity contribution < 1.29 is 13.3 Å². The number of nitrogens with zero attached hydrogens (tertiary/aromatic N) is 2. The molecule has 1 aliphatic heterocycles. The molecule has 0 amide bonds. The van der Waals surface area contributed by atoms with Crippen LogP contribution in [0.1, 0.15) is 12.5 Å². The molecule has 0 spiro atoms. The number of sulfone groups is 1. The molecule has 1 aromatic carbocycles. The van der Waals surface area contributed by atoms with Crippen molar-refractivity contribution in [2.45, 2.75) is 6.92 Å². The van der Waals surface area contributed by atoms with Crippen molar-refractivity contribution in [1.82, 2.24) is 0 Å². The van der Waals surface area contributed by atoms with E-state index in [0.29, 0.717) is 5.56 Å². The minimum atomic E-state index is -3.62. The second kappa shape index (κ2) is 5.33. The quantitative estimate of drug-likeness (QED) is 0.631. The smallest absolute Gasteiger partial charge is 0.265 e. The highest BCUT2D eigenvalue weighted by molar-refractivity contribution is 7.96. The molecule has 0 N–H and O–H groups in total. The number of hydrogen-bond donors (Lipinski definition) is 0. The van der Waals surface area contributed by atoms with Crippen LogP contribution in [0.5, 0.6) is 0 Å². The molecular weight excluding hydrogens is 292 g/mol. The van der Waals surface area contributed by atoms with Crippen LogP contribution >= 0.6 is 0 Å². The summed E-state index contributed by atoms with van der Waals surface area (Å²) in [5, 5.41) is 10.9. The van der Waals surface area contributed by atoms with Gasteiger partial charge in [0.05, 0.1) is 9.83 Å². The Labute approximate surface area is 123 Å². The lowest BCUT2D eigenvalue weighted by Crippen LogP contribution is -2.08. The number of nitro groups is 1. The zero-order valence-corrected chi connectivity index (χ0v) is 12.8. The maximum absolute atomic E-state index is 12.0. The Hall–Kier alpha value is -2.15. The first-order valence-electron chi connectivity index (χ1n) is 6.29. The molecule has 0 saturated heterocycles. The van der Waals surface area contributed by atoms with Gasteiger partial charge >= 0.3 is 0 Å². The summed E-state index contributed by atoms with van der Waals surface area (Å²) in [5.41, 5.74) is 1.66. The molecule has 1 aromatic rings. The van der Waals surface area contributed by atoms with Crippen LogP contribution in [0.15, 0.2) is 40.4 Å². The Morgan fingerprint density at radius 2 is 1.81 bits per heavy atom. The highest BCUT2D eigenvalue weighted by Crippen LogP contribution is 2.32. The molecule has 0 atom stereocenters. The van der Waals surface area contributed by atoms with Crippen molar-refractivity contribution in [2.24, 2.45) is 0 Å². The van der Waals surface area contributed by atoms with Gasteiger partial charge < -0.3 is 4.90 Å². The minimum absolute atomic E-state index is 0.0341. The maximum Gasteiger partial charge on any atom is 0.265 e. The van der Waals surface area contributed by atoms with Crippen LogP contribution < -0.4 is 4.90 Å². The molecule has 7 heteroatoms. The van der Waals surface area contributed by atoms with E-state index in [1.807, 2.05) is 31.1 Å². The van der Waals surface area contributed by atoms with Gasteiger partial charge in [0.25, 0.3) is 5.70 Å². The van der Waals surface area contributed by atoms with E-state index in [4.69, 9.17) is 0 Å². The number of allylic oxidation sites excluding steroid dienone is 1. The van der Waals surface area contributed by atoms with Gasteiger partial charge in [0, 0.05) is 25.4 Å². The molecule has 0 aliphatic carbocycles. The van der Waals surface area contributed by atoms with Gasteiger partial charge in [-0.05, 0) is 30.7 Å².